The van der Waals surface area contributed by atoms with Gasteiger partial charge in [0.05, 0.1) is 0 Å². The van der Waals surface area contributed by atoms with Crippen molar-refractivity contribution in [3.05, 3.63) is 0 Å². The van der Waals surface area contributed by atoms with Gasteiger partial charge in [0.2, 0.25) is 0 Å². The van der Waals surface area contributed by atoms with Crippen molar-refractivity contribution < 1.29 is 5.11 Å². The zero-order valence-corrected chi connectivity index (χ0v) is 8.34. The fraction of sp³-hybridized carbons (Fsp3) is 1.00. The van der Waals surface area contributed by atoms with Crippen molar-refractivity contribution in [2.45, 2.75) is 39.5 Å². The Morgan fingerprint density at radius 3 is 2.17 bits per heavy atom. The van der Waals surface area contributed by atoms with Gasteiger partial charge in [-0.1, -0.05) is 26.7 Å². The van der Waals surface area contributed by atoms with Crippen molar-refractivity contribution in [2.24, 2.45) is 11.8 Å². The summed E-state index contributed by atoms with van der Waals surface area (Å²) in [7, 11) is 0. The highest BCUT2D eigenvalue weighted by Crippen LogP contribution is 2.14. The van der Waals surface area contributed by atoms with Crippen molar-refractivity contribution in [3.8, 4) is 0 Å². The van der Waals surface area contributed by atoms with Crippen LogP contribution in [0.3, 0.4) is 0 Å². The highest BCUT2D eigenvalue weighted by molar-refractivity contribution is 4.57. The molecule has 0 spiro atoms. The lowest BCUT2D eigenvalue weighted by Crippen LogP contribution is -2.04. The molecule has 73 valence electrons. The first-order valence-corrected chi connectivity index (χ1v) is 4.96. The molecule has 0 aliphatic heterocycles. The molecule has 1 radical (unpaired) electrons. The Morgan fingerprint density at radius 1 is 1.08 bits per heavy atom. The average molecular weight is 172 g/mol. The Bertz CT molecular complexity index is 95.8. The van der Waals surface area contributed by atoms with E-state index in [4.69, 9.17) is 10.8 Å². The van der Waals surface area contributed by atoms with Gasteiger partial charge in [-0.05, 0) is 24.7 Å². The molecule has 2 unspecified atom stereocenters. The first kappa shape index (κ1) is 11.9. The molecule has 2 heteroatoms. The van der Waals surface area contributed by atoms with Gasteiger partial charge in [-0.15, -0.1) is 0 Å². The first-order chi connectivity index (χ1) is 5.70. The monoisotopic (exact) mass is 172 g/mol. The summed E-state index contributed by atoms with van der Waals surface area (Å²) in [4.78, 5) is 0. The zero-order chi connectivity index (χ0) is 9.40. The number of nitrogens with one attached hydrogen (secondary N) is 1. The molecule has 0 aliphatic rings. The van der Waals surface area contributed by atoms with E-state index in [9.17, 15) is 0 Å². The van der Waals surface area contributed by atoms with Gasteiger partial charge in [-0.2, -0.15) is 0 Å². The Hall–Kier alpha value is -0.0800. The van der Waals surface area contributed by atoms with E-state index in [0.717, 1.165) is 6.42 Å². The minimum absolute atomic E-state index is 0.315. The number of rotatable bonds is 7. The molecule has 0 bridgehead atoms. The normalized spacial score (nSPS) is 16.0. The third-order valence-corrected chi connectivity index (χ3v) is 2.36. The van der Waals surface area contributed by atoms with Crippen molar-refractivity contribution in [3.63, 3.8) is 0 Å². The van der Waals surface area contributed by atoms with E-state index in [1.165, 1.54) is 19.3 Å². The summed E-state index contributed by atoms with van der Waals surface area (Å²) in [6.45, 7) is 5.18. The summed E-state index contributed by atoms with van der Waals surface area (Å²) in [5.74, 6) is 1.19. The summed E-state index contributed by atoms with van der Waals surface area (Å²) in [6, 6.07) is 0. The molecule has 0 aliphatic carbocycles. The molecule has 0 aromatic rings. The Labute approximate surface area is 76.2 Å². The molecule has 2 nitrogen and oxygen atoms in total. The third kappa shape index (κ3) is 6.62. The first-order valence-electron chi connectivity index (χ1n) is 4.96. The zero-order valence-electron chi connectivity index (χ0n) is 8.34. The fourth-order valence-corrected chi connectivity index (χ4v) is 1.28. The Kier molecular flexibility index (Phi) is 7.51. The van der Waals surface area contributed by atoms with Gasteiger partial charge >= 0.3 is 0 Å². The van der Waals surface area contributed by atoms with Gasteiger partial charge in [0.25, 0.3) is 0 Å². The number of aliphatic hydroxyl groups excluding tert-OH is 1. The summed E-state index contributed by atoms with van der Waals surface area (Å²) in [5, 5.41) is 8.66. The van der Waals surface area contributed by atoms with Crippen LogP contribution in [0, 0.1) is 11.8 Å². The predicted molar refractivity (Wildman–Crippen MR) is 51.8 cm³/mol. The van der Waals surface area contributed by atoms with E-state index in [0.29, 0.717) is 25.0 Å². The lowest BCUT2D eigenvalue weighted by atomic mass is 9.97. The molecule has 0 aromatic heterocycles. The van der Waals surface area contributed by atoms with Crippen LogP contribution in [0.1, 0.15) is 39.5 Å². The van der Waals surface area contributed by atoms with Crippen molar-refractivity contribution in [1.82, 2.24) is 5.73 Å². The molecule has 0 heterocycles. The van der Waals surface area contributed by atoms with Crippen molar-refractivity contribution in [1.29, 1.82) is 0 Å². The molecule has 12 heavy (non-hydrogen) atoms. The molecular formula is C10H22NO. The van der Waals surface area contributed by atoms with E-state index in [-0.39, 0.29) is 0 Å². The van der Waals surface area contributed by atoms with Gasteiger partial charge in [-0.25, -0.2) is 0 Å². The summed E-state index contributed by atoms with van der Waals surface area (Å²) in [6.07, 6.45) is 4.50. The maximum atomic E-state index is 8.66. The molecule has 0 rings (SSSR count). The maximum Gasteiger partial charge on any atom is 0.0433 e. The summed E-state index contributed by atoms with van der Waals surface area (Å²) >= 11 is 0. The highest BCUT2D eigenvalue weighted by Gasteiger charge is 2.03. The molecule has 0 aromatic carbocycles. The van der Waals surface area contributed by atoms with Crippen LogP contribution in [0.25, 0.3) is 0 Å². The molecule has 0 saturated heterocycles. The van der Waals surface area contributed by atoms with Gasteiger partial charge in [0.1, 0.15) is 0 Å². The van der Waals surface area contributed by atoms with Gasteiger partial charge in [0, 0.05) is 13.2 Å². The van der Waals surface area contributed by atoms with Gasteiger partial charge in [0.15, 0.2) is 0 Å². The molecule has 0 saturated carbocycles. The van der Waals surface area contributed by atoms with Crippen LogP contribution in [0.5, 0.6) is 0 Å². The Morgan fingerprint density at radius 2 is 1.67 bits per heavy atom. The van der Waals surface area contributed by atoms with Crippen LogP contribution in [-0.2, 0) is 0 Å². The molecule has 0 amide bonds. The second-order valence-electron chi connectivity index (χ2n) is 3.86. The van der Waals surface area contributed by atoms with E-state index in [1.54, 1.807) is 0 Å². The second kappa shape index (κ2) is 7.56. The van der Waals surface area contributed by atoms with Crippen LogP contribution < -0.4 is 5.73 Å². The summed E-state index contributed by atoms with van der Waals surface area (Å²) in [5.41, 5.74) is 7.14. The van der Waals surface area contributed by atoms with Crippen LogP contribution in [0.15, 0.2) is 0 Å². The largest absolute Gasteiger partial charge is 0.396 e. The van der Waals surface area contributed by atoms with E-state index in [2.05, 4.69) is 13.8 Å². The van der Waals surface area contributed by atoms with Crippen LogP contribution >= 0.6 is 0 Å². The number of hydrogen-bond donors (Lipinski definition) is 1. The van der Waals surface area contributed by atoms with Gasteiger partial charge < -0.3 is 5.11 Å². The standard InChI is InChI=1S/C10H22NO/c1-9(6-7-12)4-3-5-10(2)8-11/h9-12H,3-8H2,1-2H3. The number of hydrogen-bond acceptors (Lipinski definition) is 1. The van der Waals surface area contributed by atoms with Crippen LogP contribution in [0.4, 0.5) is 0 Å². The van der Waals surface area contributed by atoms with Gasteiger partial charge in [-0.3, -0.25) is 5.73 Å². The highest BCUT2D eigenvalue weighted by atomic mass is 16.3. The SMILES string of the molecule is CC(C[NH])CCCC(C)CCO. The maximum absolute atomic E-state index is 8.66. The smallest absolute Gasteiger partial charge is 0.0433 e. The Balaban J connectivity index is 3.18. The third-order valence-electron chi connectivity index (χ3n) is 2.36. The van der Waals surface area contributed by atoms with Crippen LogP contribution in [-0.4, -0.2) is 18.3 Å². The second-order valence-corrected chi connectivity index (χ2v) is 3.86. The van der Waals surface area contributed by atoms with E-state index < -0.39 is 0 Å². The van der Waals surface area contributed by atoms with Crippen molar-refractivity contribution in [2.75, 3.05) is 13.2 Å². The molecule has 2 atom stereocenters. The minimum atomic E-state index is 0.315. The molecular weight excluding hydrogens is 150 g/mol. The number of aliphatic hydroxyl groups is 1. The lowest BCUT2D eigenvalue weighted by molar-refractivity contribution is 0.255. The van der Waals surface area contributed by atoms with E-state index >= 15 is 0 Å². The fourth-order valence-electron chi connectivity index (χ4n) is 1.28. The average Bonchev–Trinajstić information content (AvgIpc) is 2.04. The van der Waals surface area contributed by atoms with Crippen LogP contribution in [0.2, 0.25) is 0 Å². The lowest BCUT2D eigenvalue weighted by Gasteiger charge is -2.11. The van der Waals surface area contributed by atoms with Crippen molar-refractivity contribution >= 4 is 0 Å². The predicted octanol–water partition coefficient (Wildman–Crippen LogP) is 2.09. The molecule has 0 fully saturated rings. The topological polar surface area (TPSA) is 44.0 Å². The van der Waals surface area contributed by atoms with E-state index in [1.807, 2.05) is 0 Å². The molecule has 2 N–H and O–H groups in total. The quantitative estimate of drug-likeness (QED) is 0.628. The minimum Gasteiger partial charge on any atom is -0.396 e. The summed E-state index contributed by atoms with van der Waals surface area (Å²) < 4.78 is 0.